The van der Waals surface area contributed by atoms with E-state index in [1.54, 1.807) is 0 Å². The van der Waals surface area contributed by atoms with Gasteiger partial charge in [-0.2, -0.15) is 0 Å². The van der Waals surface area contributed by atoms with Gasteiger partial charge in [0.25, 0.3) is 0 Å². The van der Waals surface area contributed by atoms with Gasteiger partial charge in [0.15, 0.2) is 5.11 Å². The molecule has 0 atom stereocenters. The van der Waals surface area contributed by atoms with E-state index < -0.39 is 0 Å². The van der Waals surface area contributed by atoms with Crippen LogP contribution in [-0.4, -0.2) is 47.6 Å². The van der Waals surface area contributed by atoms with Crippen molar-refractivity contribution in [2.45, 2.75) is 26.3 Å². The summed E-state index contributed by atoms with van der Waals surface area (Å²) >= 11 is 10.8. The maximum Gasteiger partial charge on any atom is 0.169 e. The van der Waals surface area contributed by atoms with Gasteiger partial charge in [0.05, 0.1) is 3.79 Å². The minimum atomic E-state index is 0.928. The van der Waals surface area contributed by atoms with Crippen LogP contribution < -0.4 is 5.32 Å². The van der Waals surface area contributed by atoms with Gasteiger partial charge in [-0.05, 0) is 46.7 Å². The van der Waals surface area contributed by atoms with Crippen LogP contribution in [0, 0.1) is 0 Å². The van der Waals surface area contributed by atoms with E-state index in [9.17, 15) is 0 Å². The fourth-order valence-electron chi connectivity index (χ4n) is 2.25. The van der Waals surface area contributed by atoms with Crippen LogP contribution in [0.15, 0.2) is 15.9 Å². The van der Waals surface area contributed by atoms with E-state index in [1.807, 2.05) is 11.3 Å². The molecular formula is C14H22BrN3S2. The molecule has 0 amide bonds. The topological polar surface area (TPSA) is 18.5 Å². The summed E-state index contributed by atoms with van der Waals surface area (Å²) in [7, 11) is 0. The molecule has 1 aromatic rings. The zero-order chi connectivity index (χ0) is 14.4. The van der Waals surface area contributed by atoms with Gasteiger partial charge < -0.3 is 10.2 Å². The Bertz CT molecular complexity index is 428. The van der Waals surface area contributed by atoms with Gasteiger partial charge in [-0.3, -0.25) is 4.90 Å². The first-order valence-electron chi connectivity index (χ1n) is 7.18. The van der Waals surface area contributed by atoms with Crippen molar-refractivity contribution in [1.29, 1.82) is 0 Å². The van der Waals surface area contributed by atoms with Crippen LogP contribution in [0.1, 0.15) is 24.6 Å². The second-order valence-corrected chi connectivity index (χ2v) is 7.99. The van der Waals surface area contributed by atoms with Crippen LogP contribution in [0.25, 0.3) is 0 Å². The van der Waals surface area contributed by atoms with E-state index in [1.165, 1.54) is 21.5 Å². The van der Waals surface area contributed by atoms with Gasteiger partial charge in [0.1, 0.15) is 0 Å². The smallest absolute Gasteiger partial charge is 0.169 e. The highest BCUT2D eigenvalue weighted by atomic mass is 79.9. The molecule has 0 aromatic carbocycles. The zero-order valence-corrected chi connectivity index (χ0v) is 15.1. The number of hydrogen-bond donors (Lipinski definition) is 1. The predicted molar refractivity (Wildman–Crippen MR) is 94.4 cm³/mol. The lowest BCUT2D eigenvalue weighted by atomic mass is 10.3. The molecule has 1 fully saturated rings. The molecule has 1 aliphatic rings. The number of halogens is 1. The molecule has 6 heteroatoms. The van der Waals surface area contributed by atoms with E-state index in [-0.39, 0.29) is 0 Å². The Hall–Kier alpha value is -0.170. The molecule has 20 heavy (non-hydrogen) atoms. The molecule has 2 rings (SSSR count). The monoisotopic (exact) mass is 375 g/mol. The van der Waals surface area contributed by atoms with Crippen LogP contribution in [-0.2, 0) is 6.54 Å². The highest BCUT2D eigenvalue weighted by Gasteiger charge is 2.19. The normalized spacial score (nSPS) is 16.4. The van der Waals surface area contributed by atoms with E-state index in [0.717, 1.165) is 44.4 Å². The maximum absolute atomic E-state index is 5.45. The largest absolute Gasteiger partial charge is 0.363 e. The summed E-state index contributed by atoms with van der Waals surface area (Å²) in [5.74, 6) is 0. The minimum absolute atomic E-state index is 0.928. The standard InChI is InChI=1S/C14H22BrN3S2/c1-2-3-6-16-14(19)18-9-7-17(8-10-18)11-12-4-5-13(15)20-12/h4-5H,2-3,6-11H2,1H3,(H,16,19). The van der Waals surface area contributed by atoms with Crippen LogP contribution in [0.2, 0.25) is 0 Å². The highest BCUT2D eigenvalue weighted by Crippen LogP contribution is 2.23. The van der Waals surface area contributed by atoms with Crippen molar-refractivity contribution in [1.82, 2.24) is 15.1 Å². The summed E-state index contributed by atoms with van der Waals surface area (Å²) in [6, 6.07) is 4.33. The molecule has 1 N–H and O–H groups in total. The summed E-state index contributed by atoms with van der Waals surface area (Å²) in [5.41, 5.74) is 0. The summed E-state index contributed by atoms with van der Waals surface area (Å²) in [6.07, 6.45) is 2.40. The van der Waals surface area contributed by atoms with Crippen molar-refractivity contribution in [3.63, 3.8) is 0 Å². The SMILES string of the molecule is CCCCNC(=S)N1CCN(Cc2ccc(Br)s2)CC1. The molecule has 0 radical (unpaired) electrons. The lowest BCUT2D eigenvalue weighted by molar-refractivity contribution is 0.176. The van der Waals surface area contributed by atoms with Crippen LogP contribution >= 0.6 is 39.5 Å². The van der Waals surface area contributed by atoms with Crippen molar-refractivity contribution < 1.29 is 0 Å². The molecule has 3 nitrogen and oxygen atoms in total. The third-order valence-corrected chi connectivity index (χ3v) is 5.49. The molecule has 0 unspecified atom stereocenters. The van der Waals surface area contributed by atoms with E-state index in [4.69, 9.17) is 12.2 Å². The van der Waals surface area contributed by atoms with E-state index >= 15 is 0 Å². The highest BCUT2D eigenvalue weighted by molar-refractivity contribution is 9.11. The minimum Gasteiger partial charge on any atom is -0.363 e. The van der Waals surface area contributed by atoms with Gasteiger partial charge in [-0.25, -0.2) is 0 Å². The van der Waals surface area contributed by atoms with Gasteiger partial charge in [0.2, 0.25) is 0 Å². The van der Waals surface area contributed by atoms with Crippen LogP contribution in [0.5, 0.6) is 0 Å². The fraction of sp³-hybridized carbons (Fsp3) is 0.643. The summed E-state index contributed by atoms with van der Waals surface area (Å²) in [5, 5.41) is 4.28. The fourth-order valence-corrected chi connectivity index (χ4v) is 4.06. The molecule has 112 valence electrons. The van der Waals surface area contributed by atoms with Gasteiger partial charge in [0, 0.05) is 44.1 Å². The average molecular weight is 376 g/mol. The number of piperazine rings is 1. The third kappa shape index (κ3) is 4.98. The van der Waals surface area contributed by atoms with Crippen molar-refractivity contribution >= 4 is 44.6 Å². The van der Waals surface area contributed by atoms with Gasteiger partial charge >= 0.3 is 0 Å². The number of rotatable bonds is 5. The Morgan fingerprint density at radius 2 is 2.10 bits per heavy atom. The molecule has 0 aliphatic carbocycles. The third-order valence-electron chi connectivity index (χ3n) is 3.47. The van der Waals surface area contributed by atoms with Crippen molar-refractivity contribution in [3.05, 3.63) is 20.8 Å². The number of nitrogens with one attached hydrogen (secondary N) is 1. The first-order valence-corrected chi connectivity index (χ1v) is 9.20. The molecule has 1 saturated heterocycles. The Morgan fingerprint density at radius 3 is 2.70 bits per heavy atom. The Morgan fingerprint density at radius 1 is 1.35 bits per heavy atom. The van der Waals surface area contributed by atoms with E-state index in [2.05, 4.69) is 50.1 Å². The first-order chi connectivity index (χ1) is 9.69. The summed E-state index contributed by atoms with van der Waals surface area (Å²) < 4.78 is 1.22. The Balaban J connectivity index is 1.70. The zero-order valence-electron chi connectivity index (χ0n) is 11.9. The molecule has 2 heterocycles. The number of thiophene rings is 1. The second kappa shape index (κ2) is 8.32. The number of thiocarbonyl (C=S) groups is 1. The lowest BCUT2D eigenvalue weighted by Crippen LogP contribution is -2.51. The Labute approximate surface area is 139 Å². The molecule has 0 saturated carbocycles. The van der Waals surface area contributed by atoms with Crippen molar-refractivity contribution in [2.24, 2.45) is 0 Å². The van der Waals surface area contributed by atoms with Crippen molar-refractivity contribution in [2.75, 3.05) is 32.7 Å². The maximum atomic E-state index is 5.45. The predicted octanol–water partition coefficient (Wildman–Crippen LogP) is 3.30. The molecule has 1 aliphatic heterocycles. The average Bonchev–Trinajstić information content (AvgIpc) is 2.85. The summed E-state index contributed by atoms with van der Waals surface area (Å²) in [6.45, 7) is 8.50. The lowest BCUT2D eigenvalue weighted by Gasteiger charge is -2.36. The number of unbranched alkanes of at least 4 members (excludes halogenated alkanes) is 1. The number of hydrogen-bond acceptors (Lipinski definition) is 3. The van der Waals surface area contributed by atoms with Crippen LogP contribution in [0.3, 0.4) is 0 Å². The van der Waals surface area contributed by atoms with Gasteiger partial charge in [-0.15, -0.1) is 11.3 Å². The summed E-state index contributed by atoms with van der Waals surface area (Å²) in [4.78, 5) is 6.23. The first kappa shape index (κ1) is 16.2. The van der Waals surface area contributed by atoms with E-state index in [0.29, 0.717) is 0 Å². The molecule has 0 bridgehead atoms. The quantitative estimate of drug-likeness (QED) is 0.628. The Kier molecular flexibility index (Phi) is 6.74. The second-order valence-electron chi connectivity index (χ2n) is 5.05. The number of nitrogens with zero attached hydrogens (tertiary/aromatic N) is 2. The molecule has 1 aromatic heterocycles. The molecular weight excluding hydrogens is 354 g/mol. The van der Waals surface area contributed by atoms with Crippen LogP contribution in [0.4, 0.5) is 0 Å². The molecule has 0 spiro atoms. The van der Waals surface area contributed by atoms with Gasteiger partial charge in [-0.1, -0.05) is 13.3 Å². The van der Waals surface area contributed by atoms with Crippen molar-refractivity contribution in [3.8, 4) is 0 Å².